The van der Waals surface area contributed by atoms with Crippen molar-refractivity contribution in [3.05, 3.63) is 0 Å². The second kappa shape index (κ2) is 19.9. The van der Waals surface area contributed by atoms with Crippen LogP contribution in [0.3, 0.4) is 0 Å². The lowest BCUT2D eigenvalue weighted by molar-refractivity contribution is -0.144. The van der Waals surface area contributed by atoms with Gasteiger partial charge in [0.2, 0.25) is 0 Å². The van der Waals surface area contributed by atoms with Crippen molar-refractivity contribution >= 4 is 11.8 Å². The molecule has 0 aromatic rings. The zero-order chi connectivity index (χ0) is 20.2. The van der Waals surface area contributed by atoms with Gasteiger partial charge in [-0.3, -0.25) is 9.59 Å². The Bertz CT molecular complexity index is 354. The summed E-state index contributed by atoms with van der Waals surface area (Å²) in [4.78, 5) is 22.2. The summed E-state index contributed by atoms with van der Waals surface area (Å²) in [5.74, 6) is -1.39. The number of ketones is 1. The van der Waals surface area contributed by atoms with E-state index in [2.05, 4.69) is 6.92 Å². The van der Waals surface area contributed by atoms with Crippen LogP contribution in [-0.4, -0.2) is 29.6 Å². The van der Waals surface area contributed by atoms with E-state index in [0.29, 0.717) is 13.0 Å². The largest absolute Gasteiger partial charge is 0.481 e. The van der Waals surface area contributed by atoms with Crippen molar-refractivity contribution in [1.82, 2.24) is 0 Å². The molecule has 0 aromatic carbocycles. The zero-order valence-corrected chi connectivity index (χ0v) is 18.0. The maximum absolute atomic E-state index is 11.7. The SMILES string of the molecule is CCCCCCCCCCCCCCCCCOC(CC)C(=O)CC(=O)O. The van der Waals surface area contributed by atoms with E-state index < -0.39 is 18.5 Å². The summed E-state index contributed by atoms with van der Waals surface area (Å²) >= 11 is 0. The first-order valence-electron chi connectivity index (χ1n) is 11.5. The predicted octanol–water partition coefficient (Wildman–Crippen LogP) is 6.70. The third-order valence-electron chi connectivity index (χ3n) is 5.12. The highest BCUT2D eigenvalue weighted by molar-refractivity contribution is 5.97. The minimum absolute atomic E-state index is 0.314. The number of aliphatic carboxylic acids is 1. The molecule has 0 aliphatic heterocycles. The number of carboxylic acids is 1. The molecule has 0 saturated carbocycles. The van der Waals surface area contributed by atoms with Crippen LogP contribution in [0.4, 0.5) is 0 Å². The van der Waals surface area contributed by atoms with E-state index in [-0.39, 0.29) is 5.78 Å². The van der Waals surface area contributed by atoms with Gasteiger partial charge in [0, 0.05) is 6.61 Å². The third kappa shape index (κ3) is 18.2. The Hall–Kier alpha value is -0.900. The van der Waals surface area contributed by atoms with Crippen LogP contribution in [0.25, 0.3) is 0 Å². The molecule has 0 aromatic heterocycles. The van der Waals surface area contributed by atoms with Crippen molar-refractivity contribution in [2.75, 3.05) is 6.61 Å². The maximum Gasteiger partial charge on any atom is 0.310 e. The molecular weight excluding hydrogens is 340 g/mol. The lowest BCUT2D eigenvalue weighted by Crippen LogP contribution is -2.26. The number of rotatable bonds is 21. The summed E-state index contributed by atoms with van der Waals surface area (Å²) in [5, 5.41) is 8.66. The van der Waals surface area contributed by atoms with E-state index in [1.807, 2.05) is 6.92 Å². The minimum Gasteiger partial charge on any atom is -0.481 e. The molecule has 1 unspecified atom stereocenters. The van der Waals surface area contributed by atoms with Crippen molar-refractivity contribution in [3.8, 4) is 0 Å². The maximum atomic E-state index is 11.7. The molecule has 0 radical (unpaired) electrons. The van der Waals surface area contributed by atoms with Crippen molar-refractivity contribution in [2.45, 2.75) is 129 Å². The Morgan fingerprint density at radius 1 is 0.704 bits per heavy atom. The molecule has 27 heavy (non-hydrogen) atoms. The molecule has 0 spiro atoms. The Kier molecular flexibility index (Phi) is 19.2. The summed E-state index contributed by atoms with van der Waals surface area (Å²) in [6.07, 6.45) is 19.4. The molecule has 0 bridgehead atoms. The average molecular weight is 385 g/mol. The van der Waals surface area contributed by atoms with Gasteiger partial charge >= 0.3 is 5.97 Å². The van der Waals surface area contributed by atoms with Crippen LogP contribution in [0.2, 0.25) is 0 Å². The van der Waals surface area contributed by atoms with E-state index in [4.69, 9.17) is 9.84 Å². The number of carbonyl (C=O) groups is 2. The monoisotopic (exact) mass is 384 g/mol. The first-order chi connectivity index (χ1) is 13.1. The first kappa shape index (κ1) is 26.1. The Morgan fingerprint density at radius 3 is 1.48 bits per heavy atom. The number of unbranched alkanes of at least 4 members (excludes halogenated alkanes) is 14. The highest BCUT2D eigenvalue weighted by Crippen LogP contribution is 2.13. The summed E-state index contributed by atoms with van der Waals surface area (Å²) in [6.45, 7) is 4.68. The Balaban J connectivity index is 3.30. The van der Waals surface area contributed by atoms with Gasteiger partial charge in [0.15, 0.2) is 5.78 Å². The van der Waals surface area contributed by atoms with Gasteiger partial charge in [0.05, 0.1) is 0 Å². The molecule has 0 amide bonds. The molecule has 0 rings (SSSR count). The number of hydrogen-bond acceptors (Lipinski definition) is 3. The number of carbonyl (C=O) groups excluding carboxylic acids is 1. The molecule has 0 heterocycles. The fraction of sp³-hybridized carbons (Fsp3) is 0.913. The number of carboxylic acid groups (broad SMARTS) is 1. The fourth-order valence-electron chi connectivity index (χ4n) is 3.40. The number of Topliss-reactive ketones (excluding diaryl/α,β-unsaturated/α-hetero) is 1. The van der Waals surface area contributed by atoms with Gasteiger partial charge in [-0.2, -0.15) is 0 Å². The van der Waals surface area contributed by atoms with Crippen LogP contribution < -0.4 is 0 Å². The highest BCUT2D eigenvalue weighted by Gasteiger charge is 2.19. The summed E-state index contributed by atoms with van der Waals surface area (Å²) in [7, 11) is 0. The van der Waals surface area contributed by atoms with Gasteiger partial charge in [-0.1, -0.05) is 104 Å². The van der Waals surface area contributed by atoms with Crippen LogP contribution in [-0.2, 0) is 14.3 Å². The first-order valence-corrected chi connectivity index (χ1v) is 11.5. The number of hydrogen-bond donors (Lipinski definition) is 1. The van der Waals surface area contributed by atoms with Crippen molar-refractivity contribution < 1.29 is 19.4 Å². The van der Waals surface area contributed by atoms with E-state index in [9.17, 15) is 9.59 Å². The number of ether oxygens (including phenoxy) is 1. The van der Waals surface area contributed by atoms with Crippen LogP contribution >= 0.6 is 0 Å². The zero-order valence-electron chi connectivity index (χ0n) is 18.0. The minimum atomic E-state index is -1.07. The Morgan fingerprint density at radius 2 is 1.11 bits per heavy atom. The summed E-state index contributed by atoms with van der Waals surface area (Å²) in [5.41, 5.74) is 0. The van der Waals surface area contributed by atoms with Crippen LogP contribution in [0.5, 0.6) is 0 Å². The average Bonchev–Trinajstić information content (AvgIpc) is 2.63. The molecule has 160 valence electrons. The van der Waals surface area contributed by atoms with Gasteiger partial charge in [-0.15, -0.1) is 0 Å². The van der Waals surface area contributed by atoms with Crippen LogP contribution in [0.15, 0.2) is 0 Å². The van der Waals surface area contributed by atoms with E-state index >= 15 is 0 Å². The standard InChI is InChI=1S/C23H44O4/c1-3-5-6-7-8-9-10-11-12-13-14-15-16-17-18-19-27-22(4-2)21(24)20-23(25)26/h22H,3-20H2,1-2H3,(H,25,26). The molecule has 4 heteroatoms. The topological polar surface area (TPSA) is 63.6 Å². The third-order valence-corrected chi connectivity index (χ3v) is 5.12. The molecule has 0 saturated heterocycles. The Labute approximate surface area is 167 Å². The van der Waals surface area contributed by atoms with Crippen LogP contribution in [0, 0.1) is 0 Å². The quantitative estimate of drug-likeness (QED) is 0.177. The van der Waals surface area contributed by atoms with Gasteiger partial charge in [0.1, 0.15) is 12.5 Å². The van der Waals surface area contributed by atoms with Crippen molar-refractivity contribution in [1.29, 1.82) is 0 Å². The molecule has 1 atom stereocenters. The van der Waals surface area contributed by atoms with Crippen LogP contribution in [0.1, 0.15) is 123 Å². The highest BCUT2D eigenvalue weighted by atomic mass is 16.5. The smallest absolute Gasteiger partial charge is 0.310 e. The summed E-state index contributed by atoms with van der Waals surface area (Å²) < 4.78 is 5.55. The lowest BCUT2D eigenvalue weighted by Gasteiger charge is -2.13. The second-order valence-electron chi connectivity index (χ2n) is 7.75. The molecule has 4 nitrogen and oxygen atoms in total. The molecule has 0 aliphatic carbocycles. The predicted molar refractivity (Wildman–Crippen MR) is 112 cm³/mol. The normalized spacial score (nSPS) is 12.2. The van der Waals surface area contributed by atoms with Crippen molar-refractivity contribution in [3.63, 3.8) is 0 Å². The molecule has 0 fully saturated rings. The van der Waals surface area contributed by atoms with Gasteiger partial charge in [-0.25, -0.2) is 0 Å². The van der Waals surface area contributed by atoms with Gasteiger partial charge in [0.25, 0.3) is 0 Å². The molecule has 0 aliphatic rings. The second-order valence-corrected chi connectivity index (χ2v) is 7.75. The lowest BCUT2D eigenvalue weighted by atomic mass is 10.0. The van der Waals surface area contributed by atoms with E-state index in [1.165, 1.54) is 83.5 Å². The van der Waals surface area contributed by atoms with Crippen molar-refractivity contribution in [2.24, 2.45) is 0 Å². The summed E-state index contributed by atoms with van der Waals surface area (Å²) in [6, 6.07) is 0. The van der Waals surface area contributed by atoms with E-state index in [0.717, 1.165) is 12.8 Å². The fourth-order valence-corrected chi connectivity index (χ4v) is 3.40. The van der Waals surface area contributed by atoms with Gasteiger partial charge in [-0.05, 0) is 12.8 Å². The molecular formula is C23H44O4. The van der Waals surface area contributed by atoms with E-state index in [1.54, 1.807) is 0 Å². The van der Waals surface area contributed by atoms with Gasteiger partial charge < -0.3 is 9.84 Å². The molecule has 1 N–H and O–H groups in total.